The first-order valence-electron chi connectivity index (χ1n) is 7.44. The first kappa shape index (κ1) is 16.2. The van der Waals surface area contributed by atoms with E-state index >= 15 is 0 Å². The van der Waals surface area contributed by atoms with Gasteiger partial charge in [0.2, 0.25) is 9.04 Å². The van der Waals surface area contributed by atoms with E-state index in [1.807, 2.05) is 0 Å². The van der Waals surface area contributed by atoms with Gasteiger partial charge in [-0.1, -0.05) is 40.0 Å². The summed E-state index contributed by atoms with van der Waals surface area (Å²) in [5.74, 6) is 0.926. The number of rotatable bonds is 5. The van der Waals surface area contributed by atoms with E-state index in [4.69, 9.17) is 4.43 Å². The minimum Gasteiger partial charge on any atom is -0.414 e. The maximum atomic E-state index is 9.81. The molecular formula is C15H31O2Si. The van der Waals surface area contributed by atoms with Crippen LogP contribution in [0.2, 0.25) is 13.1 Å². The molecule has 0 bridgehead atoms. The van der Waals surface area contributed by atoms with Crippen LogP contribution in [-0.2, 0) is 4.43 Å². The Morgan fingerprint density at radius 3 is 2.11 bits per heavy atom. The Balaban J connectivity index is 2.80. The van der Waals surface area contributed by atoms with Crippen LogP contribution >= 0.6 is 0 Å². The van der Waals surface area contributed by atoms with E-state index in [1.54, 1.807) is 0 Å². The average Bonchev–Trinajstić information content (AvgIpc) is 2.27. The molecule has 0 aromatic rings. The standard InChI is InChI=1S/C15H31O2Si/c1-15(2,3)13(11-16)14(17-18(4)5)12-9-7-6-8-10-12/h12-14,16H,6-11H2,1-5H3/t13-,14?/m0/s1. The first-order valence-corrected chi connectivity index (χ1v) is 9.84. The largest absolute Gasteiger partial charge is 0.414 e. The fourth-order valence-corrected chi connectivity index (χ4v) is 4.01. The lowest BCUT2D eigenvalue weighted by Gasteiger charge is -2.42. The highest BCUT2D eigenvalue weighted by Crippen LogP contribution is 2.38. The molecule has 3 heteroatoms. The van der Waals surface area contributed by atoms with Crippen molar-refractivity contribution >= 4 is 9.04 Å². The summed E-state index contributed by atoms with van der Waals surface area (Å²) in [6.45, 7) is 11.3. The molecule has 18 heavy (non-hydrogen) atoms. The molecule has 0 aromatic carbocycles. The summed E-state index contributed by atoms with van der Waals surface area (Å²) in [6.07, 6.45) is 6.88. The fourth-order valence-electron chi connectivity index (χ4n) is 3.11. The maximum absolute atomic E-state index is 9.81. The van der Waals surface area contributed by atoms with Crippen LogP contribution < -0.4 is 0 Å². The second kappa shape index (κ2) is 7.06. The Hall–Kier alpha value is 0.137. The van der Waals surface area contributed by atoms with Crippen molar-refractivity contribution in [2.24, 2.45) is 17.3 Å². The van der Waals surface area contributed by atoms with E-state index in [-0.39, 0.29) is 24.0 Å². The zero-order valence-electron chi connectivity index (χ0n) is 12.8. The van der Waals surface area contributed by atoms with Crippen molar-refractivity contribution in [2.75, 3.05) is 6.61 Å². The summed E-state index contributed by atoms with van der Waals surface area (Å²) in [4.78, 5) is 0. The highest BCUT2D eigenvalue weighted by molar-refractivity contribution is 6.48. The minimum absolute atomic E-state index is 0.119. The molecule has 1 saturated carbocycles. The molecule has 1 aliphatic rings. The van der Waals surface area contributed by atoms with Gasteiger partial charge in [-0.3, -0.25) is 0 Å². The zero-order valence-corrected chi connectivity index (χ0v) is 13.8. The van der Waals surface area contributed by atoms with Gasteiger partial charge in [0.25, 0.3) is 0 Å². The first-order chi connectivity index (χ1) is 8.36. The summed E-state index contributed by atoms with van der Waals surface area (Å²) in [5, 5.41) is 9.81. The van der Waals surface area contributed by atoms with Crippen molar-refractivity contribution in [1.29, 1.82) is 0 Å². The van der Waals surface area contributed by atoms with Crippen LogP contribution in [0.1, 0.15) is 52.9 Å². The van der Waals surface area contributed by atoms with Crippen molar-refractivity contribution in [1.82, 2.24) is 0 Å². The normalized spacial score (nSPS) is 22.2. The Kier molecular flexibility index (Phi) is 6.35. The molecule has 1 N–H and O–H groups in total. The fraction of sp³-hybridized carbons (Fsp3) is 1.00. The van der Waals surface area contributed by atoms with E-state index in [0.29, 0.717) is 5.92 Å². The molecule has 1 unspecified atom stereocenters. The highest BCUT2D eigenvalue weighted by atomic mass is 28.3. The zero-order chi connectivity index (χ0) is 13.8. The van der Waals surface area contributed by atoms with Gasteiger partial charge >= 0.3 is 0 Å². The van der Waals surface area contributed by atoms with E-state index in [2.05, 4.69) is 33.9 Å². The van der Waals surface area contributed by atoms with E-state index in [0.717, 1.165) is 0 Å². The van der Waals surface area contributed by atoms with Gasteiger partial charge in [-0.25, -0.2) is 0 Å². The van der Waals surface area contributed by atoms with E-state index in [1.165, 1.54) is 32.1 Å². The van der Waals surface area contributed by atoms with Gasteiger partial charge in [-0.2, -0.15) is 0 Å². The van der Waals surface area contributed by atoms with E-state index < -0.39 is 9.04 Å². The lowest BCUT2D eigenvalue weighted by atomic mass is 9.71. The highest BCUT2D eigenvalue weighted by Gasteiger charge is 2.37. The summed E-state index contributed by atoms with van der Waals surface area (Å²) >= 11 is 0. The Morgan fingerprint density at radius 2 is 1.72 bits per heavy atom. The summed E-state index contributed by atoms with van der Waals surface area (Å²) in [5.41, 5.74) is 0.119. The van der Waals surface area contributed by atoms with Crippen LogP contribution in [0.4, 0.5) is 0 Å². The molecule has 2 atom stereocenters. The molecule has 0 heterocycles. The quantitative estimate of drug-likeness (QED) is 0.769. The monoisotopic (exact) mass is 271 g/mol. The molecule has 1 radical (unpaired) electrons. The molecule has 0 aromatic heterocycles. The molecule has 0 aliphatic heterocycles. The van der Waals surface area contributed by atoms with Gasteiger partial charge in [0.1, 0.15) is 0 Å². The SMILES string of the molecule is C[Si](C)OC(C1CCCCC1)[C@H](CO)C(C)(C)C. The molecular weight excluding hydrogens is 240 g/mol. The van der Waals surface area contributed by atoms with Crippen LogP contribution in [0.5, 0.6) is 0 Å². The van der Waals surface area contributed by atoms with Gasteiger partial charge in [-0.15, -0.1) is 0 Å². The number of hydrogen-bond acceptors (Lipinski definition) is 2. The molecule has 1 aliphatic carbocycles. The van der Waals surface area contributed by atoms with Crippen molar-refractivity contribution in [3.8, 4) is 0 Å². The Bertz CT molecular complexity index is 229. The molecule has 0 saturated heterocycles. The van der Waals surface area contributed by atoms with Crippen molar-refractivity contribution in [3.05, 3.63) is 0 Å². The Morgan fingerprint density at radius 1 is 1.17 bits per heavy atom. The third-order valence-corrected chi connectivity index (χ3v) is 4.94. The Labute approximate surface area is 115 Å². The number of aliphatic hydroxyl groups excluding tert-OH is 1. The van der Waals surface area contributed by atoms with Crippen LogP contribution in [0, 0.1) is 17.3 Å². The van der Waals surface area contributed by atoms with Crippen LogP contribution in [0.3, 0.4) is 0 Å². The summed E-state index contributed by atoms with van der Waals surface area (Å²) in [6, 6.07) is 0. The second-order valence-electron chi connectivity index (χ2n) is 7.04. The lowest BCUT2D eigenvalue weighted by molar-refractivity contribution is -0.0225. The summed E-state index contributed by atoms with van der Waals surface area (Å²) in [7, 11) is -0.707. The third kappa shape index (κ3) is 4.67. The maximum Gasteiger partial charge on any atom is 0.205 e. The third-order valence-electron chi connectivity index (χ3n) is 4.19. The van der Waals surface area contributed by atoms with E-state index in [9.17, 15) is 5.11 Å². The smallest absolute Gasteiger partial charge is 0.205 e. The molecule has 1 fully saturated rings. The second-order valence-corrected chi connectivity index (χ2v) is 9.10. The predicted molar refractivity (Wildman–Crippen MR) is 79.0 cm³/mol. The van der Waals surface area contributed by atoms with Crippen LogP contribution in [-0.4, -0.2) is 26.9 Å². The molecule has 1 rings (SSSR count). The topological polar surface area (TPSA) is 29.5 Å². The molecule has 2 nitrogen and oxygen atoms in total. The van der Waals surface area contributed by atoms with Gasteiger partial charge in [0.15, 0.2) is 0 Å². The van der Waals surface area contributed by atoms with Gasteiger partial charge in [0.05, 0.1) is 6.10 Å². The minimum atomic E-state index is -0.707. The molecule has 0 spiro atoms. The summed E-state index contributed by atoms with van der Waals surface area (Å²) < 4.78 is 6.31. The number of hydrogen-bond donors (Lipinski definition) is 1. The van der Waals surface area contributed by atoms with Crippen molar-refractivity contribution in [3.63, 3.8) is 0 Å². The molecule has 107 valence electrons. The number of aliphatic hydroxyl groups is 1. The van der Waals surface area contributed by atoms with Crippen molar-refractivity contribution in [2.45, 2.75) is 72.1 Å². The van der Waals surface area contributed by atoms with Crippen molar-refractivity contribution < 1.29 is 9.53 Å². The van der Waals surface area contributed by atoms with Crippen LogP contribution in [0.15, 0.2) is 0 Å². The lowest BCUT2D eigenvalue weighted by Crippen LogP contribution is -2.44. The van der Waals surface area contributed by atoms with Gasteiger partial charge < -0.3 is 9.53 Å². The predicted octanol–water partition coefficient (Wildman–Crippen LogP) is 3.86. The van der Waals surface area contributed by atoms with Gasteiger partial charge in [-0.05, 0) is 37.3 Å². The van der Waals surface area contributed by atoms with Crippen LogP contribution in [0.25, 0.3) is 0 Å². The van der Waals surface area contributed by atoms with Gasteiger partial charge in [0, 0.05) is 12.5 Å². The molecule has 0 amide bonds. The average molecular weight is 271 g/mol.